The van der Waals surface area contributed by atoms with Crippen molar-refractivity contribution in [2.45, 2.75) is 6.92 Å². The Bertz CT molecular complexity index is 1130. The highest BCUT2D eigenvalue weighted by molar-refractivity contribution is 8.26. The van der Waals surface area contributed by atoms with Gasteiger partial charge in [0, 0.05) is 18.3 Å². The SMILES string of the molecule is CCOc1ccc(NC(=O)CN2C(=O)/C(=C3\SC(=S)N(C)C3=O)c3ccccc32)cc1. The summed E-state index contributed by atoms with van der Waals surface area (Å²) in [6.45, 7) is 2.27. The Balaban J connectivity index is 1.58. The number of fused-ring (bicyclic) bond motifs is 1. The fourth-order valence-electron chi connectivity index (χ4n) is 3.39. The predicted octanol–water partition coefficient (Wildman–Crippen LogP) is 3.27. The van der Waals surface area contributed by atoms with Crippen LogP contribution in [0.4, 0.5) is 11.4 Å². The van der Waals surface area contributed by atoms with Crippen LogP contribution in [0.3, 0.4) is 0 Å². The summed E-state index contributed by atoms with van der Waals surface area (Å²) in [5.74, 6) is -0.343. The van der Waals surface area contributed by atoms with Gasteiger partial charge < -0.3 is 10.1 Å². The first-order chi connectivity index (χ1) is 14.9. The average molecular weight is 454 g/mol. The van der Waals surface area contributed by atoms with E-state index in [4.69, 9.17) is 17.0 Å². The summed E-state index contributed by atoms with van der Waals surface area (Å²) in [4.78, 5) is 41.6. The number of para-hydroxylation sites is 1. The van der Waals surface area contributed by atoms with Crippen molar-refractivity contribution in [1.29, 1.82) is 0 Å². The number of likely N-dealkylation sites (N-methyl/N-ethyl adjacent to an activating group) is 1. The molecule has 1 fully saturated rings. The van der Waals surface area contributed by atoms with E-state index in [0.29, 0.717) is 38.5 Å². The van der Waals surface area contributed by atoms with E-state index in [1.165, 1.54) is 9.80 Å². The fourth-order valence-corrected chi connectivity index (χ4v) is 4.65. The number of hydrogen-bond donors (Lipinski definition) is 1. The van der Waals surface area contributed by atoms with E-state index < -0.39 is 5.91 Å². The summed E-state index contributed by atoms with van der Waals surface area (Å²) in [7, 11) is 1.58. The van der Waals surface area contributed by atoms with Crippen molar-refractivity contribution in [3.8, 4) is 5.75 Å². The van der Waals surface area contributed by atoms with E-state index in [0.717, 1.165) is 11.8 Å². The number of nitrogens with one attached hydrogen (secondary N) is 1. The standard InChI is InChI=1S/C22H19N3O4S2/c1-3-29-14-10-8-13(9-11-14)23-17(26)12-25-16-7-5-4-6-15(16)18(20(25)27)19-21(28)24(2)22(30)31-19/h4-11H,3,12H2,1-2H3,(H,23,26)/b19-18-. The number of anilines is 2. The van der Waals surface area contributed by atoms with E-state index in [-0.39, 0.29) is 23.9 Å². The second-order valence-electron chi connectivity index (χ2n) is 6.85. The molecule has 2 aromatic rings. The quantitative estimate of drug-likeness (QED) is 0.553. The number of carbonyl (C=O) groups excluding carboxylic acids is 3. The van der Waals surface area contributed by atoms with Gasteiger partial charge in [0.15, 0.2) is 0 Å². The third-order valence-electron chi connectivity index (χ3n) is 4.86. The topological polar surface area (TPSA) is 79.0 Å². The number of thioether (sulfide) groups is 1. The van der Waals surface area contributed by atoms with Gasteiger partial charge in [-0.2, -0.15) is 0 Å². The van der Waals surface area contributed by atoms with E-state index in [2.05, 4.69) is 5.32 Å². The zero-order chi connectivity index (χ0) is 22.1. The summed E-state index contributed by atoms with van der Waals surface area (Å²) in [5, 5.41) is 2.79. The molecule has 2 aliphatic heterocycles. The van der Waals surface area contributed by atoms with Gasteiger partial charge in [-0.3, -0.25) is 24.2 Å². The Kier molecular flexibility index (Phi) is 5.79. The van der Waals surface area contributed by atoms with Gasteiger partial charge in [-0.05, 0) is 37.3 Å². The minimum atomic E-state index is -0.392. The van der Waals surface area contributed by atoms with Crippen LogP contribution in [-0.4, -0.2) is 47.1 Å². The normalized spacial score (nSPS) is 17.9. The first kappa shape index (κ1) is 21.1. The van der Waals surface area contributed by atoms with Crippen molar-refractivity contribution in [2.24, 2.45) is 0 Å². The number of hydrogen-bond acceptors (Lipinski definition) is 6. The lowest BCUT2D eigenvalue weighted by molar-refractivity contribution is -0.121. The van der Waals surface area contributed by atoms with Gasteiger partial charge in [0.1, 0.15) is 16.6 Å². The number of thiocarbonyl (C=S) groups is 1. The summed E-state index contributed by atoms with van der Waals surface area (Å²) in [6, 6.07) is 14.1. The predicted molar refractivity (Wildman–Crippen MR) is 125 cm³/mol. The molecule has 0 atom stereocenters. The molecule has 0 aromatic heterocycles. The molecule has 0 unspecified atom stereocenters. The molecule has 2 heterocycles. The molecule has 1 N–H and O–H groups in total. The molecule has 0 radical (unpaired) electrons. The van der Waals surface area contributed by atoms with Gasteiger partial charge in [0.05, 0.1) is 22.8 Å². The van der Waals surface area contributed by atoms with Crippen molar-refractivity contribution >= 4 is 63.0 Å². The fraction of sp³-hybridized carbons (Fsp3) is 0.182. The molecule has 2 aromatic carbocycles. The lowest BCUT2D eigenvalue weighted by Crippen LogP contribution is -2.35. The molecule has 4 rings (SSSR count). The van der Waals surface area contributed by atoms with Gasteiger partial charge in [0.2, 0.25) is 5.91 Å². The van der Waals surface area contributed by atoms with Crippen molar-refractivity contribution in [3.63, 3.8) is 0 Å². The van der Waals surface area contributed by atoms with Crippen molar-refractivity contribution in [1.82, 2.24) is 4.90 Å². The number of nitrogens with zero attached hydrogens (tertiary/aromatic N) is 2. The van der Waals surface area contributed by atoms with Crippen LogP contribution < -0.4 is 15.0 Å². The van der Waals surface area contributed by atoms with Crippen LogP contribution in [0.1, 0.15) is 12.5 Å². The van der Waals surface area contributed by atoms with Gasteiger partial charge >= 0.3 is 0 Å². The second kappa shape index (κ2) is 8.52. The molecule has 0 aliphatic carbocycles. The Morgan fingerprint density at radius 1 is 1.10 bits per heavy atom. The molecule has 1 saturated heterocycles. The first-order valence-corrected chi connectivity index (χ1v) is 10.8. The molecule has 7 nitrogen and oxygen atoms in total. The zero-order valence-corrected chi connectivity index (χ0v) is 18.5. The first-order valence-electron chi connectivity index (χ1n) is 9.58. The highest BCUT2D eigenvalue weighted by Gasteiger charge is 2.41. The maximum absolute atomic E-state index is 13.3. The average Bonchev–Trinajstić information content (AvgIpc) is 3.17. The van der Waals surface area contributed by atoms with Gasteiger partial charge in [-0.25, -0.2) is 0 Å². The van der Waals surface area contributed by atoms with Crippen LogP contribution in [0.5, 0.6) is 5.75 Å². The third kappa shape index (κ3) is 3.94. The van der Waals surface area contributed by atoms with Gasteiger partial charge in [-0.15, -0.1) is 0 Å². The molecule has 0 saturated carbocycles. The highest BCUT2D eigenvalue weighted by Crippen LogP contribution is 2.44. The number of amides is 3. The van der Waals surface area contributed by atoms with Crippen molar-refractivity contribution in [3.05, 3.63) is 59.0 Å². The van der Waals surface area contributed by atoms with E-state index >= 15 is 0 Å². The number of ether oxygens (including phenoxy) is 1. The van der Waals surface area contributed by atoms with Crippen LogP contribution in [0.25, 0.3) is 5.57 Å². The Hall–Kier alpha value is -3.17. The molecule has 0 spiro atoms. The summed E-state index contributed by atoms with van der Waals surface area (Å²) in [5.41, 5.74) is 2.09. The lowest BCUT2D eigenvalue weighted by atomic mass is 10.1. The third-order valence-corrected chi connectivity index (χ3v) is 6.42. The maximum Gasteiger partial charge on any atom is 0.266 e. The minimum absolute atomic E-state index is 0.182. The van der Waals surface area contributed by atoms with Crippen LogP contribution in [0.15, 0.2) is 53.4 Å². The smallest absolute Gasteiger partial charge is 0.266 e. The lowest BCUT2D eigenvalue weighted by Gasteiger charge is -2.17. The minimum Gasteiger partial charge on any atom is -0.494 e. The Labute approximate surface area is 189 Å². The summed E-state index contributed by atoms with van der Waals surface area (Å²) >= 11 is 6.31. The van der Waals surface area contributed by atoms with E-state index in [1.54, 1.807) is 55.6 Å². The molecule has 31 heavy (non-hydrogen) atoms. The Morgan fingerprint density at radius 3 is 2.45 bits per heavy atom. The van der Waals surface area contributed by atoms with Gasteiger partial charge in [-0.1, -0.05) is 42.2 Å². The molecular formula is C22H19N3O4S2. The van der Waals surface area contributed by atoms with Crippen LogP contribution >= 0.6 is 24.0 Å². The second-order valence-corrected chi connectivity index (χ2v) is 8.49. The molecule has 9 heteroatoms. The van der Waals surface area contributed by atoms with Gasteiger partial charge in [0.25, 0.3) is 11.8 Å². The van der Waals surface area contributed by atoms with E-state index in [1.807, 2.05) is 6.92 Å². The summed E-state index contributed by atoms with van der Waals surface area (Å²) < 4.78 is 5.79. The maximum atomic E-state index is 13.3. The number of benzene rings is 2. The van der Waals surface area contributed by atoms with Crippen molar-refractivity contribution in [2.75, 3.05) is 30.4 Å². The molecule has 0 bridgehead atoms. The monoisotopic (exact) mass is 453 g/mol. The largest absolute Gasteiger partial charge is 0.494 e. The van der Waals surface area contributed by atoms with Crippen LogP contribution in [0, 0.1) is 0 Å². The highest BCUT2D eigenvalue weighted by atomic mass is 32.2. The van der Waals surface area contributed by atoms with Crippen molar-refractivity contribution < 1.29 is 19.1 Å². The number of carbonyl (C=O) groups is 3. The van der Waals surface area contributed by atoms with Crippen LogP contribution in [0.2, 0.25) is 0 Å². The van der Waals surface area contributed by atoms with Crippen LogP contribution in [-0.2, 0) is 14.4 Å². The molecule has 2 aliphatic rings. The summed E-state index contributed by atoms with van der Waals surface area (Å²) in [6.07, 6.45) is 0. The zero-order valence-electron chi connectivity index (χ0n) is 16.9. The Morgan fingerprint density at radius 2 is 1.81 bits per heavy atom. The van der Waals surface area contributed by atoms with E-state index in [9.17, 15) is 14.4 Å². The molecule has 3 amide bonds. The number of rotatable bonds is 5. The molecular weight excluding hydrogens is 434 g/mol. The molecule has 158 valence electrons.